The number of nitrogen functional groups attached to an aromatic ring is 1. The first-order chi connectivity index (χ1) is 11.9. The summed E-state index contributed by atoms with van der Waals surface area (Å²) in [6.45, 7) is 13.1. The first-order valence-electron chi connectivity index (χ1n) is 9.16. The van der Waals surface area contributed by atoms with Gasteiger partial charge in [0.2, 0.25) is 0 Å². The van der Waals surface area contributed by atoms with Gasteiger partial charge < -0.3 is 20.3 Å². The van der Waals surface area contributed by atoms with Crippen molar-refractivity contribution in [2.45, 2.75) is 66.4 Å². The van der Waals surface area contributed by atoms with E-state index in [-0.39, 0.29) is 48.0 Å². The summed E-state index contributed by atoms with van der Waals surface area (Å²) in [5, 5.41) is 9.25. The molecule has 0 radical (unpaired) electrons. The Bertz CT molecular complexity index is 660. The molecule has 0 saturated carbocycles. The van der Waals surface area contributed by atoms with Crippen molar-refractivity contribution in [1.29, 1.82) is 0 Å². The van der Waals surface area contributed by atoms with E-state index in [1.165, 1.54) is 4.57 Å². The van der Waals surface area contributed by atoms with Crippen molar-refractivity contribution < 1.29 is 14.6 Å². The first kappa shape index (κ1) is 20.9. The Morgan fingerprint density at radius 2 is 1.96 bits per heavy atom. The molecular weight excluding hydrogens is 334 g/mol. The van der Waals surface area contributed by atoms with Crippen LogP contribution in [0.25, 0.3) is 0 Å². The number of aliphatic hydroxyl groups excluding tert-OH is 1. The van der Waals surface area contributed by atoms with Gasteiger partial charge in [0, 0.05) is 12.1 Å². The third-order valence-corrected chi connectivity index (χ3v) is 4.69. The molecule has 1 aromatic heterocycles. The van der Waals surface area contributed by atoms with Crippen LogP contribution >= 0.6 is 0 Å². The average molecular weight is 367 g/mol. The molecule has 2 rings (SSSR count). The summed E-state index contributed by atoms with van der Waals surface area (Å²) in [5.41, 5.74) is 5.12. The number of aliphatic hydroxyl groups is 1. The Labute approximate surface area is 155 Å². The van der Waals surface area contributed by atoms with Gasteiger partial charge in [0.1, 0.15) is 11.9 Å². The minimum atomic E-state index is -0.598. The maximum Gasteiger partial charge on any atom is 0.351 e. The molecule has 4 unspecified atom stereocenters. The summed E-state index contributed by atoms with van der Waals surface area (Å²) in [6, 6.07) is 1.58. The summed E-state index contributed by atoms with van der Waals surface area (Å²) < 4.78 is 13.8. The van der Waals surface area contributed by atoms with Crippen molar-refractivity contribution in [2.24, 2.45) is 16.7 Å². The minimum absolute atomic E-state index is 0.0581. The Morgan fingerprint density at radius 1 is 1.31 bits per heavy atom. The number of anilines is 1. The SMILES string of the molecule is CC(C)(C)CC1OC(n2ccc(N)nc2=O)C(OCCO)C1C(C)(C)C. The molecule has 2 heterocycles. The second kappa shape index (κ2) is 7.66. The first-order valence-corrected chi connectivity index (χ1v) is 9.16. The van der Waals surface area contributed by atoms with Gasteiger partial charge in [0.05, 0.1) is 19.3 Å². The van der Waals surface area contributed by atoms with E-state index in [0.29, 0.717) is 0 Å². The fourth-order valence-electron chi connectivity index (χ4n) is 3.78. The van der Waals surface area contributed by atoms with E-state index in [2.05, 4.69) is 46.5 Å². The van der Waals surface area contributed by atoms with Crippen LogP contribution in [0.5, 0.6) is 0 Å². The zero-order valence-electron chi connectivity index (χ0n) is 16.7. The van der Waals surface area contributed by atoms with Crippen LogP contribution in [0.15, 0.2) is 17.1 Å². The van der Waals surface area contributed by atoms with Gasteiger partial charge in [-0.05, 0) is 23.3 Å². The number of hydrogen-bond donors (Lipinski definition) is 2. The molecule has 7 nitrogen and oxygen atoms in total. The second-order valence-electron chi connectivity index (χ2n) is 9.32. The van der Waals surface area contributed by atoms with E-state index >= 15 is 0 Å². The van der Waals surface area contributed by atoms with Gasteiger partial charge >= 0.3 is 5.69 Å². The smallest absolute Gasteiger partial charge is 0.351 e. The van der Waals surface area contributed by atoms with E-state index < -0.39 is 11.9 Å². The van der Waals surface area contributed by atoms with Gasteiger partial charge in [-0.2, -0.15) is 4.98 Å². The number of hydrogen-bond acceptors (Lipinski definition) is 6. The summed E-state index contributed by atoms with van der Waals surface area (Å²) >= 11 is 0. The van der Waals surface area contributed by atoms with Gasteiger partial charge in [0.25, 0.3) is 0 Å². The molecule has 0 amide bonds. The van der Waals surface area contributed by atoms with E-state index in [1.54, 1.807) is 12.3 Å². The third-order valence-electron chi connectivity index (χ3n) is 4.69. The number of nitrogens with two attached hydrogens (primary N) is 1. The molecule has 0 spiro atoms. The van der Waals surface area contributed by atoms with Gasteiger partial charge in [0.15, 0.2) is 6.23 Å². The molecule has 1 fully saturated rings. The van der Waals surface area contributed by atoms with Gasteiger partial charge in [-0.3, -0.25) is 4.57 Å². The predicted molar refractivity (Wildman–Crippen MR) is 101 cm³/mol. The fourth-order valence-corrected chi connectivity index (χ4v) is 3.78. The van der Waals surface area contributed by atoms with Crippen LogP contribution in [0, 0.1) is 16.7 Å². The Balaban J connectivity index is 2.46. The molecule has 1 aliphatic heterocycles. The number of rotatable bonds is 5. The quantitative estimate of drug-likeness (QED) is 0.828. The molecule has 0 aliphatic carbocycles. The molecule has 7 heteroatoms. The van der Waals surface area contributed by atoms with E-state index in [0.717, 1.165) is 6.42 Å². The molecule has 1 aliphatic rings. The van der Waals surface area contributed by atoms with Gasteiger partial charge in [-0.15, -0.1) is 0 Å². The topological polar surface area (TPSA) is 99.6 Å². The zero-order chi connectivity index (χ0) is 19.7. The molecule has 1 saturated heterocycles. The normalized spacial score (nSPS) is 27.0. The highest BCUT2D eigenvalue weighted by molar-refractivity contribution is 5.23. The van der Waals surface area contributed by atoms with Gasteiger partial charge in [-0.1, -0.05) is 41.5 Å². The standard InChI is InChI=1S/C19H33N3O4/c1-18(2,3)11-12-14(19(4,5)6)15(25-10-9-23)16(26-12)22-8-7-13(20)21-17(22)24/h7-8,12,14-16,23H,9-11H2,1-6H3,(H2,20,21,24). The molecule has 148 valence electrons. The largest absolute Gasteiger partial charge is 0.394 e. The van der Waals surface area contributed by atoms with Crippen LogP contribution in [0.3, 0.4) is 0 Å². The highest BCUT2D eigenvalue weighted by Gasteiger charge is 2.52. The second-order valence-corrected chi connectivity index (χ2v) is 9.32. The molecule has 26 heavy (non-hydrogen) atoms. The molecule has 4 atom stereocenters. The summed E-state index contributed by atoms with van der Waals surface area (Å²) in [5.74, 6) is 0.235. The van der Waals surface area contributed by atoms with Crippen LogP contribution in [0.1, 0.15) is 54.2 Å². The minimum Gasteiger partial charge on any atom is -0.394 e. The van der Waals surface area contributed by atoms with Crippen molar-refractivity contribution in [3.63, 3.8) is 0 Å². The summed E-state index contributed by atoms with van der Waals surface area (Å²) in [7, 11) is 0. The lowest BCUT2D eigenvalue weighted by Gasteiger charge is -2.36. The molecular formula is C19H33N3O4. The molecule has 0 bridgehead atoms. The van der Waals surface area contributed by atoms with Crippen molar-refractivity contribution in [1.82, 2.24) is 9.55 Å². The van der Waals surface area contributed by atoms with Crippen molar-refractivity contribution in [2.75, 3.05) is 18.9 Å². The maximum absolute atomic E-state index is 12.4. The lowest BCUT2D eigenvalue weighted by molar-refractivity contribution is -0.0777. The zero-order valence-corrected chi connectivity index (χ0v) is 16.7. The Kier molecular flexibility index (Phi) is 6.15. The Hall–Kier alpha value is -1.44. The average Bonchev–Trinajstić information content (AvgIpc) is 2.81. The van der Waals surface area contributed by atoms with Crippen LogP contribution in [0.4, 0.5) is 5.82 Å². The van der Waals surface area contributed by atoms with E-state index in [1.807, 2.05) is 0 Å². The van der Waals surface area contributed by atoms with Crippen molar-refractivity contribution in [3.8, 4) is 0 Å². The Morgan fingerprint density at radius 3 is 2.46 bits per heavy atom. The van der Waals surface area contributed by atoms with Crippen LogP contribution in [0.2, 0.25) is 0 Å². The number of aromatic nitrogens is 2. The van der Waals surface area contributed by atoms with Crippen LogP contribution in [-0.4, -0.2) is 40.1 Å². The monoisotopic (exact) mass is 367 g/mol. The summed E-state index contributed by atoms with van der Waals surface area (Å²) in [4.78, 5) is 16.2. The van der Waals surface area contributed by atoms with Crippen molar-refractivity contribution >= 4 is 5.82 Å². The van der Waals surface area contributed by atoms with E-state index in [9.17, 15) is 9.90 Å². The van der Waals surface area contributed by atoms with Crippen molar-refractivity contribution in [3.05, 3.63) is 22.7 Å². The lowest BCUT2D eigenvalue weighted by Crippen LogP contribution is -2.41. The highest BCUT2D eigenvalue weighted by atomic mass is 16.6. The fraction of sp³-hybridized carbons (Fsp3) is 0.789. The molecule has 1 aromatic rings. The van der Waals surface area contributed by atoms with Crippen LogP contribution in [-0.2, 0) is 9.47 Å². The number of nitrogens with zero attached hydrogens (tertiary/aromatic N) is 2. The maximum atomic E-state index is 12.4. The lowest BCUT2D eigenvalue weighted by atomic mass is 9.71. The van der Waals surface area contributed by atoms with Gasteiger partial charge in [-0.25, -0.2) is 4.79 Å². The molecule has 0 aromatic carbocycles. The van der Waals surface area contributed by atoms with E-state index in [4.69, 9.17) is 15.2 Å². The third kappa shape index (κ3) is 4.84. The molecule has 3 N–H and O–H groups in total. The highest BCUT2D eigenvalue weighted by Crippen LogP contribution is 2.48. The van der Waals surface area contributed by atoms with Crippen LogP contribution < -0.4 is 11.4 Å². The summed E-state index contributed by atoms with van der Waals surface area (Å²) in [6.07, 6.45) is 1.40. The number of ether oxygens (including phenoxy) is 2. The predicted octanol–water partition coefficient (Wildman–Crippen LogP) is 2.20.